The van der Waals surface area contributed by atoms with Crippen LogP contribution >= 0.6 is 0 Å². The van der Waals surface area contributed by atoms with Crippen molar-refractivity contribution in [3.05, 3.63) is 59.9 Å². The Morgan fingerprint density at radius 3 is 2.50 bits per heavy atom. The van der Waals surface area contributed by atoms with Gasteiger partial charge in [-0.15, -0.1) is 13.2 Å². The van der Waals surface area contributed by atoms with Gasteiger partial charge in [0.15, 0.2) is 0 Å². The molecule has 0 aliphatic heterocycles. The number of nitrogens with one attached hydrogen (secondary N) is 2. The Bertz CT molecular complexity index is 1070. The van der Waals surface area contributed by atoms with Crippen LogP contribution in [-0.4, -0.2) is 48.4 Å². The number of halogens is 4. The summed E-state index contributed by atoms with van der Waals surface area (Å²) in [6.07, 6.45) is -4.80. The van der Waals surface area contributed by atoms with E-state index < -0.39 is 6.36 Å². The van der Waals surface area contributed by atoms with Gasteiger partial charge in [0.25, 0.3) is 0 Å². The van der Waals surface area contributed by atoms with Crippen LogP contribution in [0.3, 0.4) is 0 Å². The lowest BCUT2D eigenvalue weighted by Crippen LogP contribution is -2.21. The van der Waals surface area contributed by atoms with Crippen LogP contribution in [-0.2, 0) is 0 Å². The molecule has 1 aromatic heterocycles. The van der Waals surface area contributed by atoms with Gasteiger partial charge >= 0.3 is 6.36 Å². The number of ether oxygens (including phenoxy) is 1. The lowest BCUT2D eigenvalue weighted by atomic mass is 10.1. The first kappa shape index (κ1) is 23.3. The summed E-state index contributed by atoms with van der Waals surface area (Å²) in [6.45, 7) is 2.93. The van der Waals surface area contributed by atoms with Crippen molar-refractivity contribution in [1.82, 2.24) is 14.9 Å². The fourth-order valence-corrected chi connectivity index (χ4v) is 2.85. The molecule has 1 heterocycles. The van der Waals surface area contributed by atoms with Crippen molar-refractivity contribution in [2.45, 2.75) is 13.3 Å². The molecule has 0 amide bonds. The average molecular weight is 449 g/mol. The summed E-state index contributed by atoms with van der Waals surface area (Å²) in [5.41, 5.74) is 1.89. The molecule has 0 unspecified atom stereocenters. The second-order valence-corrected chi connectivity index (χ2v) is 7.36. The van der Waals surface area contributed by atoms with Gasteiger partial charge in [-0.05, 0) is 56.9 Å². The first-order valence-corrected chi connectivity index (χ1v) is 9.76. The Balaban J connectivity index is 1.94. The number of likely N-dealkylation sites (N-methyl/N-ethyl adjacent to an activating group) is 1. The van der Waals surface area contributed by atoms with E-state index in [1.54, 1.807) is 31.2 Å². The summed E-state index contributed by atoms with van der Waals surface area (Å²) in [6, 6.07) is 11.7. The maximum atomic E-state index is 13.6. The van der Waals surface area contributed by atoms with E-state index in [0.29, 0.717) is 40.8 Å². The van der Waals surface area contributed by atoms with Gasteiger partial charge in [0.05, 0.1) is 5.69 Å². The predicted molar refractivity (Wildman–Crippen MR) is 116 cm³/mol. The molecule has 3 rings (SSSR count). The van der Waals surface area contributed by atoms with E-state index in [9.17, 15) is 17.6 Å². The van der Waals surface area contributed by atoms with E-state index in [1.165, 1.54) is 24.3 Å². The van der Waals surface area contributed by atoms with Crippen LogP contribution in [0.1, 0.15) is 5.56 Å². The smallest absolute Gasteiger partial charge is 0.406 e. The largest absolute Gasteiger partial charge is 0.573 e. The average Bonchev–Trinajstić information content (AvgIpc) is 2.69. The van der Waals surface area contributed by atoms with Gasteiger partial charge in [-0.2, -0.15) is 4.98 Å². The Morgan fingerprint density at radius 2 is 1.81 bits per heavy atom. The Labute approximate surface area is 183 Å². The molecule has 6 nitrogen and oxygen atoms in total. The highest BCUT2D eigenvalue weighted by Crippen LogP contribution is 2.29. The molecule has 0 bridgehead atoms. The molecular weight excluding hydrogens is 426 g/mol. The fourth-order valence-electron chi connectivity index (χ4n) is 2.85. The summed E-state index contributed by atoms with van der Waals surface area (Å²) in [5, 5.41) is 6.21. The highest BCUT2D eigenvalue weighted by atomic mass is 19.4. The first-order valence-electron chi connectivity index (χ1n) is 9.76. The first-order chi connectivity index (χ1) is 15.1. The molecule has 3 aromatic rings. The second-order valence-electron chi connectivity index (χ2n) is 7.36. The Hall–Kier alpha value is -3.40. The van der Waals surface area contributed by atoms with Crippen molar-refractivity contribution in [2.75, 3.05) is 37.8 Å². The Kier molecular flexibility index (Phi) is 7.14. The number of aryl methyl sites for hydroxylation is 1. The lowest BCUT2D eigenvalue weighted by molar-refractivity contribution is -0.274. The number of rotatable bonds is 8. The van der Waals surface area contributed by atoms with Crippen LogP contribution < -0.4 is 15.4 Å². The van der Waals surface area contributed by atoms with Crippen LogP contribution in [0.2, 0.25) is 0 Å². The highest BCUT2D eigenvalue weighted by Gasteiger charge is 2.31. The SMILES string of the molecule is Cc1cc(Nc2cc(-c3cccc(OC(F)(F)F)c3)nc(NCCN(C)C)n2)ccc1F. The zero-order valence-electron chi connectivity index (χ0n) is 17.8. The van der Waals surface area contributed by atoms with Crippen LogP contribution in [0.4, 0.5) is 35.0 Å². The second kappa shape index (κ2) is 9.82. The van der Waals surface area contributed by atoms with E-state index in [0.717, 1.165) is 6.54 Å². The summed E-state index contributed by atoms with van der Waals surface area (Å²) < 4.78 is 55.4. The van der Waals surface area contributed by atoms with Crippen LogP contribution in [0.15, 0.2) is 48.5 Å². The third kappa shape index (κ3) is 6.81. The van der Waals surface area contributed by atoms with Crippen molar-refractivity contribution >= 4 is 17.5 Å². The summed E-state index contributed by atoms with van der Waals surface area (Å²) in [4.78, 5) is 10.8. The fraction of sp³-hybridized carbons (Fsp3) is 0.273. The molecule has 0 aliphatic rings. The van der Waals surface area contributed by atoms with Crippen molar-refractivity contribution in [2.24, 2.45) is 0 Å². The minimum absolute atomic E-state index is 0.299. The van der Waals surface area contributed by atoms with Crippen molar-refractivity contribution in [3.8, 4) is 17.0 Å². The number of anilines is 3. The van der Waals surface area contributed by atoms with Gasteiger partial charge in [-0.25, -0.2) is 9.37 Å². The van der Waals surface area contributed by atoms with Crippen LogP contribution in [0, 0.1) is 12.7 Å². The summed E-state index contributed by atoms with van der Waals surface area (Å²) >= 11 is 0. The molecule has 0 spiro atoms. The molecule has 0 saturated carbocycles. The number of alkyl halides is 3. The van der Waals surface area contributed by atoms with E-state index in [-0.39, 0.29) is 11.6 Å². The number of hydrogen-bond acceptors (Lipinski definition) is 6. The monoisotopic (exact) mass is 449 g/mol. The van der Waals surface area contributed by atoms with Crippen molar-refractivity contribution in [1.29, 1.82) is 0 Å². The zero-order chi connectivity index (χ0) is 23.3. The maximum absolute atomic E-state index is 13.6. The van der Waals surface area contributed by atoms with Gasteiger partial charge in [0.2, 0.25) is 5.95 Å². The number of nitrogens with zero attached hydrogens (tertiary/aromatic N) is 3. The van der Waals surface area contributed by atoms with Crippen molar-refractivity contribution < 1.29 is 22.3 Å². The predicted octanol–water partition coefficient (Wildman–Crippen LogP) is 5.21. The lowest BCUT2D eigenvalue weighted by Gasteiger charge is -2.14. The normalized spacial score (nSPS) is 11.5. The molecule has 2 N–H and O–H groups in total. The topological polar surface area (TPSA) is 62.3 Å². The third-order valence-corrected chi connectivity index (χ3v) is 4.36. The number of benzene rings is 2. The maximum Gasteiger partial charge on any atom is 0.573 e. The van der Waals surface area contributed by atoms with Crippen molar-refractivity contribution in [3.63, 3.8) is 0 Å². The van der Waals surface area contributed by atoms with E-state index >= 15 is 0 Å². The standard InChI is InChI=1S/C22H23F4N5O/c1-14-11-16(7-8-18(14)23)28-20-13-19(29-21(30-20)27-9-10-31(2)3)15-5-4-6-17(12-15)32-22(24,25)26/h4-8,11-13H,9-10H2,1-3H3,(H2,27,28,29,30). The Morgan fingerprint density at radius 1 is 1.03 bits per heavy atom. The van der Waals surface area contributed by atoms with Gasteiger partial charge in [0.1, 0.15) is 17.4 Å². The molecule has 0 fully saturated rings. The zero-order valence-corrected chi connectivity index (χ0v) is 17.8. The summed E-state index contributed by atoms with van der Waals surface area (Å²) in [5.74, 6) is 0.0224. The number of aromatic nitrogens is 2. The van der Waals surface area contributed by atoms with Gasteiger partial charge in [-0.1, -0.05) is 12.1 Å². The van der Waals surface area contributed by atoms with Gasteiger partial charge in [0, 0.05) is 30.4 Å². The molecule has 0 saturated heterocycles. The van der Waals surface area contributed by atoms with Crippen LogP contribution in [0.5, 0.6) is 5.75 Å². The molecule has 170 valence electrons. The highest BCUT2D eigenvalue weighted by molar-refractivity contribution is 5.68. The molecule has 0 atom stereocenters. The quantitative estimate of drug-likeness (QED) is 0.461. The van der Waals surface area contributed by atoms with E-state index in [4.69, 9.17) is 0 Å². The van der Waals surface area contributed by atoms with E-state index in [1.807, 2.05) is 19.0 Å². The van der Waals surface area contributed by atoms with Gasteiger partial charge in [-0.3, -0.25) is 0 Å². The minimum atomic E-state index is -4.80. The minimum Gasteiger partial charge on any atom is -0.406 e. The van der Waals surface area contributed by atoms with Gasteiger partial charge < -0.3 is 20.3 Å². The molecule has 2 aromatic carbocycles. The molecule has 0 radical (unpaired) electrons. The molecule has 32 heavy (non-hydrogen) atoms. The van der Waals surface area contributed by atoms with Crippen LogP contribution in [0.25, 0.3) is 11.3 Å². The molecule has 10 heteroatoms. The summed E-state index contributed by atoms with van der Waals surface area (Å²) in [7, 11) is 3.85. The number of hydrogen-bond donors (Lipinski definition) is 2. The third-order valence-electron chi connectivity index (χ3n) is 4.36. The molecular formula is C22H23F4N5O. The molecule has 0 aliphatic carbocycles. The van der Waals surface area contributed by atoms with E-state index in [2.05, 4.69) is 25.3 Å².